The van der Waals surface area contributed by atoms with Gasteiger partial charge >= 0.3 is 0 Å². The first-order valence-corrected chi connectivity index (χ1v) is 10.2. The van der Waals surface area contributed by atoms with E-state index in [9.17, 15) is 9.59 Å². The van der Waals surface area contributed by atoms with Crippen molar-refractivity contribution in [3.63, 3.8) is 0 Å². The van der Waals surface area contributed by atoms with E-state index >= 15 is 0 Å². The van der Waals surface area contributed by atoms with Gasteiger partial charge < -0.3 is 9.47 Å². The maximum atomic E-state index is 11.1. The smallest absolute Gasteiger partial charge is 0.252 e. The fourth-order valence-electron chi connectivity index (χ4n) is 2.71. The molecule has 2 aromatic rings. The molecule has 0 amide bonds. The first kappa shape index (κ1) is 22.3. The molecule has 150 valence electrons. The van der Waals surface area contributed by atoms with Gasteiger partial charge in [0.1, 0.15) is 11.5 Å². The highest BCUT2D eigenvalue weighted by Crippen LogP contribution is 2.17. The highest BCUT2D eigenvalue weighted by Gasteiger charge is 2.04. The number of ether oxygens (including phenoxy) is 2. The number of hydrogen-bond acceptors (Lipinski definition) is 4. The van der Waals surface area contributed by atoms with Gasteiger partial charge in [0.15, 0.2) is 0 Å². The number of carbonyl (C=O) groups excluding carboxylic acids is 2. The Bertz CT molecular complexity index is 711. The van der Waals surface area contributed by atoms with E-state index in [0.717, 1.165) is 38.5 Å². The molecule has 0 aromatic heterocycles. The van der Waals surface area contributed by atoms with Crippen LogP contribution in [0.1, 0.15) is 59.2 Å². The van der Waals surface area contributed by atoms with E-state index in [0.29, 0.717) is 35.8 Å². The summed E-state index contributed by atoms with van der Waals surface area (Å²) in [5.74, 6) is 1.34. The van der Waals surface area contributed by atoms with Gasteiger partial charge in [-0.05, 0) is 72.4 Å². The van der Waals surface area contributed by atoms with Gasteiger partial charge in [0, 0.05) is 11.1 Å². The lowest BCUT2D eigenvalue weighted by Gasteiger charge is -2.08. The van der Waals surface area contributed by atoms with Crippen molar-refractivity contribution < 1.29 is 19.1 Å². The van der Waals surface area contributed by atoms with Crippen LogP contribution in [0.2, 0.25) is 0 Å². The highest BCUT2D eigenvalue weighted by atomic mass is 35.5. The summed E-state index contributed by atoms with van der Waals surface area (Å²) in [7, 11) is 0. The van der Waals surface area contributed by atoms with Crippen LogP contribution in [-0.4, -0.2) is 23.7 Å². The lowest BCUT2D eigenvalue weighted by Crippen LogP contribution is -1.99. The molecule has 0 aliphatic carbocycles. The maximum Gasteiger partial charge on any atom is 0.252 e. The Hall–Kier alpha value is -2.04. The molecule has 28 heavy (non-hydrogen) atoms. The molecule has 0 aliphatic rings. The van der Waals surface area contributed by atoms with Crippen molar-refractivity contribution in [1.29, 1.82) is 0 Å². The third-order valence-electron chi connectivity index (χ3n) is 4.20. The number of halogens is 2. The summed E-state index contributed by atoms with van der Waals surface area (Å²) in [5, 5.41) is -0.954. The summed E-state index contributed by atoms with van der Waals surface area (Å²) >= 11 is 10.9. The minimum absolute atomic E-state index is 0.447. The lowest BCUT2D eigenvalue weighted by molar-refractivity contribution is 0.107. The quantitative estimate of drug-likeness (QED) is 0.283. The van der Waals surface area contributed by atoms with E-state index in [1.807, 2.05) is 12.1 Å². The van der Waals surface area contributed by atoms with E-state index in [4.69, 9.17) is 32.7 Å². The average molecular weight is 423 g/mol. The first-order valence-electron chi connectivity index (χ1n) is 9.41. The summed E-state index contributed by atoms with van der Waals surface area (Å²) in [4.78, 5) is 22.3. The maximum absolute atomic E-state index is 11.1. The van der Waals surface area contributed by atoms with Crippen LogP contribution in [0.3, 0.4) is 0 Å². The number of hydrogen-bond donors (Lipinski definition) is 0. The highest BCUT2D eigenvalue weighted by molar-refractivity contribution is 6.68. The van der Waals surface area contributed by atoms with Crippen LogP contribution < -0.4 is 9.47 Å². The SMILES string of the molecule is O=C(Cl)c1cccc(OCCCCCCCCOc2cccc(C(=O)Cl)c2)c1. The van der Waals surface area contributed by atoms with Crippen LogP contribution >= 0.6 is 23.2 Å². The monoisotopic (exact) mass is 422 g/mol. The summed E-state index contributed by atoms with van der Waals surface area (Å²) in [6, 6.07) is 13.8. The zero-order valence-corrected chi connectivity index (χ0v) is 17.2. The molecule has 0 fully saturated rings. The molecule has 0 N–H and O–H groups in total. The van der Waals surface area contributed by atoms with Crippen molar-refractivity contribution >= 4 is 33.7 Å². The number of unbranched alkanes of at least 4 members (excludes halogenated alkanes) is 5. The third kappa shape index (κ3) is 8.32. The molecule has 2 rings (SSSR count). The average Bonchev–Trinajstić information content (AvgIpc) is 2.69. The van der Waals surface area contributed by atoms with Crippen molar-refractivity contribution in [3.05, 3.63) is 59.7 Å². The number of rotatable bonds is 13. The third-order valence-corrected chi connectivity index (χ3v) is 4.63. The molecule has 0 unspecified atom stereocenters. The summed E-state index contributed by atoms with van der Waals surface area (Å²) in [5.41, 5.74) is 0.893. The molecular formula is C22H24Cl2O4. The van der Waals surface area contributed by atoms with E-state index in [-0.39, 0.29) is 0 Å². The largest absolute Gasteiger partial charge is 0.494 e. The van der Waals surface area contributed by atoms with Gasteiger partial charge in [0.05, 0.1) is 13.2 Å². The number of carbonyl (C=O) groups is 2. The van der Waals surface area contributed by atoms with Crippen LogP contribution in [0.25, 0.3) is 0 Å². The summed E-state index contributed by atoms with van der Waals surface area (Å²) < 4.78 is 11.3. The van der Waals surface area contributed by atoms with E-state index in [1.165, 1.54) is 0 Å². The topological polar surface area (TPSA) is 52.6 Å². The minimum atomic E-state index is -0.477. The fourth-order valence-corrected chi connectivity index (χ4v) is 2.94. The van der Waals surface area contributed by atoms with E-state index in [2.05, 4.69) is 0 Å². The standard InChI is InChI=1S/C22H24Cl2O4/c23-21(25)17-9-7-11-19(15-17)27-13-5-3-1-2-4-6-14-28-20-12-8-10-18(16-20)22(24)26/h7-12,15-16H,1-6,13-14H2. The molecule has 0 saturated carbocycles. The van der Waals surface area contributed by atoms with Gasteiger partial charge in [0.25, 0.3) is 10.5 Å². The zero-order chi connectivity index (χ0) is 20.2. The molecule has 6 heteroatoms. The summed E-state index contributed by atoms with van der Waals surface area (Å²) in [6.45, 7) is 1.25. The van der Waals surface area contributed by atoms with Crippen molar-refractivity contribution in [2.45, 2.75) is 38.5 Å². The Kier molecular flexibility index (Phi) is 9.87. The van der Waals surface area contributed by atoms with Crippen LogP contribution in [0.5, 0.6) is 11.5 Å². The number of benzene rings is 2. The lowest BCUT2D eigenvalue weighted by atomic mass is 10.1. The van der Waals surface area contributed by atoms with Crippen molar-refractivity contribution in [2.75, 3.05) is 13.2 Å². The Labute approximate surface area is 175 Å². The van der Waals surface area contributed by atoms with Crippen LogP contribution in [-0.2, 0) is 0 Å². The van der Waals surface area contributed by atoms with Crippen LogP contribution in [0.4, 0.5) is 0 Å². The Balaban J connectivity index is 1.49. The van der Waals surface area contributed by atoms with E-state index in [1.54, 1.807) is 36.4 Å². The predicted octanol–water partition coefficient (Wildman–Crippen LogP) is 6.24. The van der Waals surface area contributed by atoms with Gasteiger partial charge in [-0.15, -0.1) is 0 Å². The molecule has 0 saturated heterocycles. The molecule has 0 heterocycles. The molecule has 0 spiro atoms. The summed E-state index contributed by atoms with van der Waals surface area (Å²) in [6.07, 6.45) is 6.40. The first-order chi connectivity index (χ1) is 13.6. The molecule has 4 nitrogen and oxygen atoms in total. The minimum Gasteiger partial charge on any atom is -0.494 e. The second-order valence-electron chi connectivity index (χ2n) is 6.42. The Morgan fingerprint density at radius 2 is 1.04 bits per heavy atom. The van der Waals surface area contributed by atoms with Crippen LogP contribution in [0, 0.1) is 0 Å². The predicted molar refractivity (Wildman–Crippen MR) is 112 cm³/mol. The van der Waals surface area contributed by atoms with Gasteiger partial charge in [-0.3, -0.25) is 9.59 Å². The molecule has 0 bridgehead atoms. The van der Waals surface area contributed by atoms with Gasteiger partial charge in [-0.2, -0.15) is 0 Å². The Morgan fingerprint density at radius 3 is 1.43 bits per heavy atom. The molecule has 0 atom stereocenters. The second-order valence-corrected chi connectivity index (χ2v) is 7.11. The normalized spacial score (nSPS) is 10.5. The molecular weight excluding hydrogens is 399 g/mol. The fraction of sp³-hybridized carbons (Fsp3) is 0.364. The molecule has 2 aromatic carbocycles. The van der Waals surface area contributed by atoms with Crippen molar-refractivity contribution in [2.24, 2.45) is 0 Å². The molecule has 0 aliphatic heterocycles. The zero-order valence-electron chi connectivity index (χ0n) is 15.7. The second kappa shape index (κ2) is 12.4. The van der Waals surface area contributed by atoms with Crippen molar-refractivity contribution in [1.82, 2.24) is 0 Å². The van der Waals surface area contributed by atoms with Crippen LogP contribution in [0.15, 0.2) is 48.5 Å². The van der Waals surface area contributed by atoms with Gasteiger partial charge in [0.2, 0.25) is 0 Å². The van der Waals surface area contributed by atoms with E-state index < -0.39 is 10.5 Å². The molecule has 0 radical (unpaired) electrons. The Morgan fingerprint density at radius 1 is 0.643 bits per heavy atom. The van der Waals surface area contributed by atoms with Crippen molar-refractivity contribution in [3.8, 4) is 11.5 Å². The van der Waals surface area contributed by atoms with Gasteiger partial charge in [-0.1, -0.05) is 37.8 Å². The van der Waals surface area contributed by atoms with Gasteiger partial charge in [-0.25, -0.2) is 0 Å².